The summed E-state index contributed by atoms with van der Waals surface area (Å²) in [6.07, 6.45) is -3.35. The highest BCUT2D eigenvalue weighted by Crippen LogP contribution is 2.28. The molecule has 0 saturated heterocycles. The van der Waals surface area contributed by atoms with Gasteiger partial charge in [-0.2, -0.15) is 13.2 Å². The van der Waals surface area contributed by atoms with Crippen LogP contribution in [0.25, 0.3) is 0 Å². The number of nitrogens with zero attached hydrogens (tertiary/aromatic N) is 3. The molecule has 0 radical (unpaired) electrons. The van der Waals surface area contributed by atoms with Gasteiger partial charge in [0.05, 0.1) is 0 Å². The fourth-order valence-corrected chi connectivity index (χ4v) is 2.05. The molecule has 0 fully saturated rings. The second-order valence-electron chi connectivity index (χ2n) is 4.19. The Kier molecular flexibility index (Phi) is 4.27. The first-order valence-electron chi connectivity index (χ1n) is 5.72. The fourth-order valence-electron chi connectivity index (χ4n) is 1.64. The Bertz CT molecular complexity index is 601. The highest BCUT2D eigenvalue weighted by molar-refractivity contribution is 9.10. The predicted molar refractivity (Wildman–Crippen MR) is 73.3 cm³/mol. The predicted octanol–water partition coefficient (Wildman–Crippen LogP) is 3.89. The van der Waals surface area contributed by atoms with Gasteiger partial charge in [-0.3, -0.25) is 0 Å². The van der Waals surface area contributed by atoms with Gasteiger partial charge in [0.25, 0.3) is 0 Å². The first-order chi connectivity index (χ1) is 9.38. The van der Waals surface area contributed by atoms with Crippen molar-refractivity contribution >= 4 is 21.9 Å². The summed E-state index contributed by atoms with van der Waals surface area (Å²) in [5, 5.41) is 0. The molecule has 3 nitrogen and oxygen atoms in total. The molecule has 1 aromatic carbocycles. The lowest BCUT2D eigenvalue weighted by Crippen LogP contribution is -2.21. The number of aromatic nitrogens is 2. The molecule has 0 bridgehead atoms. The van der Waals surface area contributed by atoms with Crippen molar-refractivity contribution in [2.24, 2.45) is 0 Å². The normalized spacial score (nSPS) is 11.4. The lowest BCUT2D eigenvalue weighted by atomic mass is 10.2. The van der Waals surface area contributed by atoms with Crippen molar-refractivity contribution < 1.29 is 13.2 Å². The Hall–Kier alpha value is -1.63. The van der Waals surface area contributed by atoms with Crippen LogP contribution in [0.5, 0.6) is 0 Å². The molecule has 1 heterocycles. The van der Waals surface area contributed by atoms with E-state index < -0.39 is 11.9 Å². The number of benzene rings is 1. The molecule has 0 aliphatic rings. The quantitative estimate of drug-likeness (QED) is 0.844. The van der Waals surface area contributed by atoms with Gasteiger partial charge < -0.3 is 4.90 Å². The van der Waals surface area contributed by atoms with E-state index >= 15 is 0 Å². The van der Waals surface area contributed by atoms with Crippen molar-refractivity contribution in [1.29, 1.82) is 0 Å². The van der Waals surface area contributed by atoms with Crippen LogP contribution in [0, 0.1) is 0 Å². The first kappa shape index (κ1) is 14.8. The van der Waals surface area contributed by atoms with Crippen molar-refractivity contribution in [2.75, 3.05) is 11.9 Å². The topological polar surface area (TPSA) is 29.0 Å². The third-order valence-corrected chi connectivity index (χ3v) is 3.41. The van der Waals surface area contributed by atoms with Crippen LogP contribution in [0.15, 0.2) is 41.0 Å². The maximum Gasteiger partial charge on any atom is 0.433 e. The van der Waals surface area contributed by atoms with Crippen molar-refractivity contribution in [3.63, 3.8) is 0 Å². The lowest BCUT2D eigenvalue weighted by Gasteiger charge is -2.18. The van der Waals surface area contributed by atoms with Crippen LogP contribution >= 0.6 is 15.9 Å². The van der Waals surface area contributed by atoms with Crippen molar-refractivity contribution in [2.45, 2.75) is 12.7 Å². The molecule has 1 aromatic heterocycles. The average molecular weight is 346 g/mol. The van der Waals surface area contributed by atoms with E-state index in [1.807, 2.05) is 24.3 Å². The molecule has 0 N–H and O–H groups in total. The highest BCUT2D eigenvalue weighted by Gasteiger charge is 2.33. The van der Waals surface area contributed by atoms with Crippen LogP contribution in [0.3, 0.4) is 0 Å². The van der Waals surface area contributed by atoms with Gasteiger partial charge in [0.15, 0.2) is 0 Å². The van der Waals surface area contributed by atoms with E-state index in [2.05, 4.69) is 25.9 Å². The summed E-state index contributed by atoms with van der Waals surface area (Å²) in [7, 11) is 1.65. The van der Waals surface area contributed by atoms with Crippen LogP contribution in [-0.2, 0) is 12.7 Å². The Labute approximate surface area is 122 Å². The van der Waals surface area contributed by atoms with Crippen LogP contribution < -0.4 is 4.90 Å². The minimum Gasteiger partial charge on any atom is -0.340 e. The third-order valence-electron chi connectivity index (χ3n) is 2.64. The van der Waals surface area contributed by atoms with Crippen LogP contribution in [0.1, 0.15) is 11.3 Å². The van der Waals surface area contributed by atoms with Gasteiger partial charge in [-0.1, -0.05) is 34.1 Å². The standard InChI is InChI=1S/C13H11BrF3N3/c1-20(8-9-4-2-3-5-10(9)14)12-18-7-6-11(19-12)13(15,16)17/h2-7H,8H2,1H3. The zero-order chi connectivity index (χ0) is 14.8. The van der Waals surface area contributed by atoms with E-state index in [0.717, 1.165) is 22.3 Å². The molecule has 0 spiro atoms. The monoisotopic (exact) mass is 345 g/mol. The van der Waals surface area contributed by atoms with Gasteiger partial charge in [0, 0.05) is 24.3 Å². The summed E-state index contributed by atoms with van der Waals surface area (Å²) in [6.45, 7) is 0.405. The minimum atomic E-state index is -4.47. The minimum absolute atomic E-state index is 0.0376. The molecule has 20 heavy (non-hydrogen) atoms. The molecular weight excluding hydrogens is 335 g/mol. The molecule has 0 aliphatic heterocycles. The van der Waals surface area contributed by atoms with Gasteiger partial charge in [0.2, 0.25) is 5.95 Å². The van der Waals surface area contributed by atoms with E-state index in [4.69, 9.17) is 0 Å². The van der Waals surface area contributed by atoms with Crippen LogP contribution in [0.4, 0.5) is 19.1 Å². The van der Waals surface area contributed by atoms with E-state index in [1.165, 1.54) is 0 Å². The van der Waals surface area contributed by atoms with Gasteiger partial charge in [0.1, 0.15) is 5.69 Å². The second-order valence-corrected chi connectivity index (χ2v) is 5.04. The number of hydrogen-bond acceptors (Lipinski definition) is 3. The molecular formula is C13H11BrF3N3. The van der Waals surface area contributed by atoms with Gasteiger partial charge in [-0.25, -0.2) is 9.97 Å². The Morgan fingerprint density at radius 1 is 1.20 bits per heavy atom. The summed E-state index contributed by atoms with van der Waals surface area (Å²) in [4.78, 5) is 8.99. The molecule has 0 unspecified atom stereocenters. The number of halogens is 4. The summed E-state index contributed by atoms with van der Waals surface area (Å²) in [5.41, 5.74) is -0.00232. The zero-order valence-corrected chi connectivity index (χ0v) is 12.1. The van der Waals surface area contributed by atoms with E-state index in [-0.39, 0.29) is 5.95 Å². The van der Waals surface area contributed by atoms with Gasteiger partial charge in [-0.15, -0.1) is 0 Å². The molecule has 2 aromatic rings. The first-order valence-corrected chi connectivity index (χ1v) is 6.52. The summed E-state index contributed by atoms with van der Waals surface area (Å²) in [6, 6.07) is 8.34. The molecule has 0 saturated carbocycles. The number of hydrogen-bond donors (Lipinski definition) is 0. The largest absolute Gasteiger partial charge is 0.433 e. The van der Waals surface area contributed by atoms with Crippen molar-refractivity contribution in [3.8, 4) is 0 Å². The molecule has 0 atom stereocenters. The maximum atomic E-state index is 12.6. The lowest BCUT2D eigenvalue weighted by molar-refractivity contribution is -0.141. The molecule has 106 valence electrons. The third kappa shape index (κ3) is 3.47. The van der Waals surface area contributed by atoms with Gasteiger partial charge in [-0.05, 0) is 17.7 Å². The number of alkyl halides is 3. The van der Waals surface area contributed by atoms with Gasteiger partial charge >= 0.3 is 6.18 Å². The van der Waals surface area contributed by atoms with Crippen LogP contribution in [0.2, 0.25) is 0 Å². The van der Waals surface area contributed by atoms with E-state index in [1.54, 1.807) is 11.9 Å². The molecule has 2 rings (SSSR count). The average Bonchev–Trinajstić information content (AvgIpc) is 2.40. The molecule has 0 amide bonds. The summed E-state index contributed by atoms with van der Waals surface area (Å²) in [5.74, 6) is 0.0376. The molecule has 7 heteroatoms. The number of anilines is 1. The SMILES string of the molecule is CN(Cc1ccccc1Br)c1nccc(C(F)(F)F)n1. The van der Waals surface area contributed by atoms with Crippen LogP contribution in [-0.4, -0.2) is 17.0 Å². The Balaban J connectivity index is 2.22. The Morgan fingerprint density at radius 3 is 2.55 bits per heavy atom. The zero-order valence-electron chi connectivity index (χ0n) is 10.5. The second kappa shape index (κ2) is 5.78. The smallest absolute Gasteiger partial charge is 0.340 e. The van der Waals surface area contributed by atoms with E-state index in [0.29, 0.717) is 6.54 Å². The Morgan fingerprint density at radius 2 is 1.90 bits per heavy atom. The fraction of sp³-hybridized carbons (Fsp3) is 0.231. The summed E-state index contributed by atoms with van der Waals surface area (Å²) >= 11 is 3.40. The highest BCUT2D eigenvalue weighted by atomic mass is 79.9. The van der Waals surface area contributed by atoms with Crippen molar-refractivity contribution in [1.82, 2.24) is 9.97 Å². The summed E-state index contributed by atoms with van der Waals surface area (Å²) < 4.78 is 38.7. The van der Waals surface area contributed by atoms with E-state index in [9.17, 15) is 13.2 Å². The van der Waals surface area contributed by atoms with Crippen molar-refractivity contribution in [3.05, 3.63) is 52.3 Å². The molecule has 0 aliphatic carbocycles. The maximum absolute atomic E-state index is 12.6. The number of rotatable bonds is 3.